The first kappa shape index (κ1) is 11.3. The molecule has 1 atom stereocenters. The number of hydrogen-bond donors (Lipinski definition) is 2. The summed E-state index contributed by atoms with van der Waals surface area (Å²) in [5.74, 6) is 1.53. The standard InChI is InChI=1S/C10H13N5.ClH/c1-2-7(4-11-3-1)9-14-8-5-12-6-13-10(8)15-9;/h5-7,11H,1-4H2,(H,12,13,14,15);1H. The van der Waals surface area contributed by atoms with Gasteiger partial charge in [0.05, 0.1) is 6.20 Å². The van der Waals surface area contributed by atoms with E-state index < -0.39 is 0 Å². The first-order valence-corrected chi connectivity index (χ1v) is 5.30. The van der Waals surface area contributed by atoms with Crippen LogP contribution in [0.3, 0.4) is 0 Å². The molecule has 16 heavy (non-hydrogen) atoms. The van der Waals surface area contributed by atoms with Gasteiger partial charge >= 0.3 is 0 Å². The van der Waals surface area contributed by atoms with Crippen molar-refractivity contribution in [2.24, 2.45) is 0 Å². The number of aromatic nitrogens is 4. The molecule has 0 saturated carbocycles. The van der Waals surface area contributed by atoms with E-state index in [-0.39, 0.29) is 12.4 Å². The fourth-order valence-electron chi connectivity index (χ4n) is 2.06. The minimum Gasteiger partial charge on any atom is -0.339 e. The van der Waals surface area contributed by atoms with Gasteiger partial charge < -0.3 is 10.3 Å². The molecule has 86 valence electrons. The molecule has 2 aromatic rings. The van der Waals surface area contributed by atoms with Crippen LogP contribution in [0.2, 0.25) is 0 Å². The Balaban J connectivity index is 0.000000963. The summed E-state index contributed by atoms with van der Waals surface area (Å²) >= 11 is 0. The number of nitrogens with zero attached hydrogens (tertiary/aromatic N) is 3. The molecule has 1 fully saturated rings. The van der Waals surface area contributed by atoms with Gasteiger partial charge in [0.1, 0.15) is 17.7 Å². The summed E-state index contributed by atoms with van der Waals surface area (Å²) in [6.07, 6.45) is 5.72. The van der Waals surface area contributed by atoms with Crippen molar-refractivity contribution in [3.63, 3.8) is 0 Å². The Kier molecular flexibility index (Phi) is 3.36. The SMILES string of the molecule is Cl.c1ncc2[nH]c(C3CCCNC3)nc2n1. The van der Waals surface area contributed by atoms with Gasteiger partial charge in [0.25, 0.3) is 0 Å². The molecule has 3 heterocycles. The molecular formula is C10H14ClN5. The average Bonchev–Trinajstić information content (AvgIpc) is 2.74. The molecular weight excluding hydrogens is 226 g/mol. The minimum atomic E-state index is 0. The maximum Gasteiger partial charge on any atom is 0.180 e. The fraction of sp³-hybridized carbons (Fsp3) is 0.500. The summed E-state index contributed by atoms with van der Waals surface area (Å²) in [7, 11) is 0. The molecule has 3 rings (SSSR count). The van der Waals surface area contributed by atoms with Gasteiger partial charge in [-0.1, -0.05) is 0 Å². The third kappa shape index (κ3) is 2.01. The van der Waals surface area contributed by atoms with Gasteiger partial charge in [-0.2, -0.15) is 0 Å². The van der Waals surface area contributed by atoms with Crippen LogP contribution in [0.15, 0.2) is 12.5 Å². The summed E-state index contributed by atoms with van der Waals surface area (Å²) in [6.45, 7) is 2.13. The van der Waals surface area contributed by atoms with Gasteiger partial charge in [-0.3, -0.25) is 0 Å². The summed E-state index contributed by atoms with van der Waals surface area (Å²) in [5, 5.41) is 3.38. The minimum absolute atomic E-state index is 0. The second-order valence-electron chi connectivity index (χ2n) is 3.93. The molecule has 1 unspecified atom stereocenters. The van der Waals surface area contributed by atoms with E-state index in [0.29, 0.717) is 5.92 Å². The molecule has 0 spiro atoms. The highest BCUT2D eigenvalue weighted by molar-refractivity contribution is 5.85. The van der Waals surface area contributed by atoms with Gasteiger partial charge in [-0.05, 0) is 19.4 Å². The molecule has 2 N–H and O–H groups in total. The number of halogens is 1. The van der Waals surface area contributed by atoms with E-state index in [1.54, 1.807) is 6.20 Å². The van der Waals surface area contributed by atoms with Crippen LogP contribution in [0.1, 0.15) is 24.6 Å². The van der Waals surface area contributed by atoms with Gasteiger partial charge in [-0.25, -0.2) is 15.0 Å². The lowest BCUT2D eigenvalue weighted by atomic mass is 9.99. The van der Waals surface area contributed by atoms with Crippen LogP contribution >= 0.6 is 12.4 Å². The Morgan fingerprint density at radius 1 is 1.38 bits per heavy atom. The van der Waals surface area contributed by atoms with Crippen molar-refractivity contribution >= 4 is 23.6 Å². The van der Waals surface area contributed by atoms with Crippen LogP contribution in [0, 0.1) is 0 Å². The average molecular weight is 240 g/mol. The summed E-state index contributed by atoms with van der Waals surface area (Å²) in [4.78, 5) is 15.9. The lowest BCUT2D eigenvalue weighted by molar-refractivity contribution is 0.449. The Labute approximate surface area is 99.5 Å². The van der Waals surface area contributed by atoms with E-state index >= 15 is 0 Å². The van der Waals surface area contributed by atoms with Crippen LogP contribution in [-0.2, 0) is 0 Å². The first-order chi connectivity index (χ1) is 7.43. The quantitative estimate of drug-likeness (QED) is 0.786. The topological polar surface area (TPSA) is 66.5 Å². The van der Waals surface area contributed by atoms with Gasteiger partial charge in [0.15, 0.2) is 5.65 Å². The van der Waals surface area contributed by atoms with Gasteiger partial charge in [0.2, 0.25) is 0 Å². The number of aromatic amines is 1. The number of piperidine rings is 1. The van der Waals surface area contributed by atoms with E-state index in [0.717, 1.165) is 30.1 Å². The van der Waals surface area contributed by atoms with Crippen molar-refractivity contribution in [3.8, 4) is 0 Å². The fourth-order valence-corrected chi connectivity index (χ4v) is 2.06. The van der Waals surface area contributed by atoms with Crippen LogP contribution in [0.5, 0.6) is 0 Å². The van der Waals surface area contributed by atoms with Crippen molar-refractivity contribution in [1.29, 1.82) is 0 Å². The zero-order valence-electron chi connectivity index (χ0n) is 8.81. The Hall–Kier alpha value is -1.20. The number of imidazole rings is 1. The third-order valence-electron chi connectivity index (χ3n) is 2.86. The van der Waals surface area contributed by atoms with Crippen LogP contribution in [0.25, 0.3) is 11.2 Å². The highest BCUT2D eigenvalue weighted by atomic mass is 35.5. The molecule has 5 nitrogen and oxygen atoms in total. The molecule has 1 aliphatic heterocycles. The number of fused-ring (bicyclic) bond motifs is 1. The molecule has 1 saturated heterocycles. The van der Waals surface area contributed by atoms with Gasteiger partial charge in [0, 0.05) is 12.5 Å². The van der Waals surface area contributed by atoms with Crippen molar-refractivity contribution < 1.29 is 0 Å². The molecule has 0 amide bonds. The zero-order valence-corrected chi connectivity index (χ0v) is 9.63. The number of rotatable bonds is 1. The predicted octanol–water partition coefficient (Wildman–Crippen LogP) is 1.24. The van der Waals surface area contributed by atoms with Crippen molar-refractivity contribution in [3.05, 3.63) is 18.3 Å². The van der Waals surface area contributed by atoms with Crippen molar-refractivity contribution in [2.75, 3.05) is 13.1 Å². The van der Waals surface area contributed by atoms with E-state index in [1.165, 1.54) is 19.2 Å². The van der Waals surface area contributed by atoms with E-state index in [9.17, 15) is 0 Å². The third-order valence-corrected chi connectivity index (χ3v) is 2.86. The van der Waals surface area contributed by atoms with Crippen LogP contribution < -0.4 is 5.32 Å². The second-order valence-corrected chi connectivity index (χ2v) is 3.93. The molecule has 0 aliphatic carbocycles. The number of hydrogen-bond acceptors (Lipinski definition) is 4. The predicted molar refractivity (Wildman–Crippen MR) is 63.8 cm³/mol. The summed E-state index contributed by atoms with van der Waals surface area (Å²) < 4.78 is 0. The van der Waals surface area contributed by atoms with Gasteiger partial charge in [-0.15, -0.1) is 12.4 Å². The number of H-pyrrole nitrogens is 1. The second kappa shape index (κ2) is 4.76. The Bertz CT molecular complexity index is 430. The highest BCUT2D eigenvalue weighted by Crippen LogP contribution is 2.21. The Morgan fingerprint density at radius 2 is 2.31 bits per heavy atom. The van der Waals surface area contributed by atoms with E-state index in [4.69, 9.17) is 0 Å². The molecule has 6 heteroatoms. The molecule has 0 radical (unpaired) electrons. The molecule has 0 bridgehead atoms. The first-order valence-electron chi connectivity index (χ1n) is 5.30. The molecule has 2 aromatic heterocycles. The zero-order chi connectivity index (χ0) is 10.1. The lowest BCUT2D eigenvalue weighted by Gasteiger charge is -2.20. The lowest BCUT2D eigenvalue weighted by Crippen LogP contribution is -2.28. The van der Waals surface area contributed by atoms with Crippen molar-refractivity contribution in [1.82, 2.24) is 25.3 Å². The molecule has 0 aromatic carbocycles. The smallest absolute Gasteiger partial charge is 0.180 e. The van der Waals surface area contributed by atoms with Crippen molar-refractivity contribution in [2.45, 2.75) is 18.8 Å². The largest absolute Gasteiger partial charge is 0.339 e. The monoisotopic (exact) mass is 239 g/mol. The Morgan fingerprint density at radius 3 is 3.06 bits per heavy atom. The number of nitrogens with one attached hydrogen (secondary N) is 2. The normalized spacial score (nSPS) is 20.6. The highest BCUT2D eigenvalue weighted by Gasteiger charge is 2.18. The molecule has 1 aliphatic rings. The summed E-state index contributed by atoms with van der Waals surface area (Å²) in [5.41, 5.74) is 1.70. The maximum absolute atomic E-state index is 4.49. The van der Waals surface area contributed by atoms with Crippen LogP contribution in [-0.4, -0.2) is 33.0 Å². The van der Waals surface area contributed by atoms with E-state index in [1.807, 2.05) is 0 Å². The van der Waals surface area contributed by atoms with E-state index in [2.05, 4.69) is 25.3 Å². The van der Waals surface area contributed by atoms with Crippen LogP contribution in [0.4, 0.5) is 0 Å². The maximum atomic E-state index is 4.49. The summed E-state index contributed by atoms with van der Waals surface area (Å²) in [6, 6.07) is 0.